The average Bonchev–Trinajstić information content (AvgIpc) is 3.10. The van der Waals surface area contributed by atoms with Crippen LogP contribution in [-0.4, -0.2) is 15.0 Å². The lowest BCUT2D eigenvalue weighted by atomic mass is 10.2. The third kappa shape index (κ3) is 2.96. The van der Waals surface area contributed by atoms with E-state index in [-0.39, 0.29) is 0 Å². The van der Waals surface area contributed by atoms with Gasteiger partial charge in [-0.1, -0.05) is 41.9 Å². The molecule has 0 aliphatic heterocycles. The van der Waals surface area contributed by atoms with Gasteiger partial charge in [0.15, 0.2) is 5.82 Å². The summed E-state index contributed by atoms with van der Waals surface area (Å²) in [5, 5.41) is 1.27. The fourth-order valence-corrected chi connectivity index (χ4v) is 2.71. The van der Waals surface area contributed by atoms with Crippen molar-refractivity contribution in [3.8, 4) is 17.1 Å². The van der Waals surface area contributed by atoms with Gasteiger partial charge in [-0.3, -0.25) is 0 Å². The lowest BCUT2D eigenvalue weighted by Gasteiger charge is -2.07. The molecule has 4 aromatic rings. The van der Waals surface area contributed by atoms with Crippen molar-refractivity contribution < 1.29 is 4.74 Å². The summed E-state index contributed by atoms with van der Waals surface area (Å²) in [6, 6.07) is 19.6. The van der Waals surface area contributed by atoms with Crippen molar-refractivity contribution in [1.29, 1.82) is 0 Å². The Morgan fingerprint density at radius 2 is 1.71 bits per heavy atom. The molecule has 0 atom stereocenters. The molecule has 24 heavy (non-hydrogen) atoms. The predicted octanol–water partition coefficient (Wildman–Crippen LogP) is 4.86. The zero-order valence-corrected chi connectivity index (χ0v) is 13.5. The Hall–Kier alpha value is -2.85. The molecule has 5 heteroatoms. The Labute approximate surface area is 144 Å². The third-order valence-electron chi connectivity index (χ3n) is 3.73. The largest absolute Gasteiger partial charge is 0.489 e. The molecule has 0 aliphatic rings. The van der Waals surface area contributed by atoms with Crippen LogP contribution in [-0.2, 0) is 6.61 Å². The summed E-state index contributed by atoms with van der Waals surface area (Å²) in [5.41, 5.74) is 2.75. The second-order valence-corrected chi connectivity index (χ2v) is 5.73. The van der Waals surface area contributed by atoms with Crippen LogP contribution >= 0.6 is 11.6 Å². The van der Waals surface area contributed by atoms with Crippen molar-refractivity contribution in [2.75, 3.05) is 0 Å². The molecular formula is C19H14ClN3O. The minimum Gasteiger partial charge on any atom is -0.489 e. The Balaban J connectivity index is 1.54. The van der Waals surface area contributed by atoms with Gasteiger partial charge in [0.25, 0.3) is 0 Å². The van der Waals surface area contributed by atoms with E-state index in [4.69, 9.17) is 16.3 Å². The van der Waals surface area contributed by atoms with Crippen LogP contribution in [0.15, 0.2) is 66.9 Å². The van der Waals surface area contributed by atoms with Crippen molar-refractivity contribution >= 4 is 22.6 Å². The summed E-state index contributed by atoms with van der Waals surface area (Å²) >= 11 is 6.21. The second-order valence-electron chi connectivity index (χ2n) is 5.38. The van der Waals surface area contributed by atoms with Gasteiger partial charge in [-0.05, 0) is 35.9 Å². The SMILES string of the molecule is Clc1nc(-c2ccc(OCc3ccccc3)cc2)nc2[nH]ccc12. The molecule has 2 aromatic heterocycles. The lowest BCUT2D eigenvalue weighted by Crippen LogP contribution is -1.95. The molecule has 0 saturated heterocycles. The standard InChI is InChI=1S/C19H14ClN3O/c20-17-16-10-11-21-19(16)23-18(22-17)14-6-8-15(9-7-14)24-12-13-4-2-1-3-5-13/h1-11H,12H2,(H,21,22,23). The highest BCUT2D eigenvalue weighted by atomic mass is 35.5. The Morgan fingerprint density at radius 1 is 0.917 bits per heavy atom. The number of benzene rings is 2. The monoisotopic (exact) mass is 335 g/mol. The molecule has 1 N–H and O–H groups in total. The fourth-order valence-electron chi connectivity index (χ4n) is 2.47. The number of halogens is 1. The second kappa shape index (κ2) is 6.34. The van der Waals surface area contributed by atoms with Gasteiger partial charge in [0, 0.05) is 11.8 Å². The maximum absolute atomic E-state index is 6.21. The normalized spacial score (nSPS) is 10.9. The zero-order valence-electron chi connectivity index (χ0n) is 12.7. The maximum atomic E-state index is 6.21. The first-order chi connectivity index (χ1) is 11.8. The minimum absolute atomic E-state index is 0.445. The number of rotatable bonds is 4. The molecule has 118 valence electrons. The number of nitrogens with one attached hydrogen (secondary N) is 1. The number of hydrogen-bond acceptors (Lipinski definition) is 3. The number of hydrogen-bond donors (Lipinski definition) is 1. The summed E-state index contributed by atoms with van der Waals surface area (Å²) in [4.78, 5) is 11.9. The first-order valence-corrected chi connectivity index (χ1v) is 7.95. The molecule has 0 bridgehead atoms. The van der Waals surface area contributed by atoms with Crippen molar-refractivity contribution in [2.24, 2.45) is 0 Å². The van der Waals surface area contributed by atoms with E-state index in [1.165, 1.54) is 0 Å². The molecule has 0 radical (unpaired) electrons. The van der Waals surface area contributed by atoms with E-state index in [9.17, 15) is 0 Å². The van der Waals surface area contributed by atoms with Gasteiger partial charge in [-0.2, -0.15) is 0 Å². The van der Waals surface area contributed by atoms with E-state index in [2.05, 4.69) is 15.0 Å². The van der Waals surface area contributed by atoms with Crippen LogP contribution in [0.1, 0.15) is 5.56 Å². The molecule has 0 spiro atoms. The van der Waals surface area contributed by atoms with Crippen LogP contribution in [0.5, 0.6) is 5.75 Å². The van der Waals surface area contributed by atoms with Crippen LogP contribution in [0.4, 0.5) is 0 Å². The summed E-state index contributed by atoms with van der Waals surface area (Å²) in [6.45, 7) is 0.539. The number of nitrogens with zero attached hydrogens (tertiary/aromatic N) is 2. The summed E-state index contributed by atoms with van der Waals surface area (Å²) in [5.74, 6) is 1.39. The van der Waals surface area contributed by atoms with Gasteiger partial charge < -0.3 is 9.72 Å². The molecule has 0 aliphatic carbocycles. The third-order valence-corrected chi connectivity index (χ3v) is 4.02. The van der Waals surface area contributed by atoms with Gasteiger partial charge >= 0.3 is 0 Å². The van der Waals surface area contributed by atoms with E-state index < -0.39 is 0 Å². The molecule has 4 nitrogen and oxygen atoms in total. The highest BCUT2D eigenvalue weighted by molar-refractivity contribution is 6.34. The van der Waals surface area contributed by atoms with Crippen LogP contribution in [0.25, 0.3) is 22.4 Å². The van der Waals surface area contributed by atoms with Crippen LogP contribution < -0.4 is 4.74 Å². The van der Waals surface area contributed by atoms with Crippen LogP contribution in [0, 0.1) is 0 Å². The van der Waals surface area contributed by atoms with E-state index in [0.29, 0.717) is 17.6 Å². The van der Waals surface area contributed by atoms with E-state index >= 15 is 0 Å². The highest BCUT2D eigenvalue weighted by Gasteiger charge is 2.08. The quantitative estimate of drug-likeness (QED) is 0.542. The first kappa shape index (κ1) is 14.7. The van der Waals surface area contributed by atoms with Crippen molar-refractivity contribution in [3.05, 3.63) is 77.6 Å². The zero-order chi connectivity index (χ0) is 16.4. The molecular weight excluding hydrogens is 322 g/mol. The smallest absolute Gasteiger partial charge is 0.163 e. The van der Waals surface area contributed by atoms with Crippen LogP contribution in [0.3, 0.4) is 0 Å². The molecule has 0 unspecified atom stereocenters. The molecule has 0 amide bonds. The van der Waals surface area contributed by atoms with Gasteiger partial charge in [0.1, 0.15) is 23.2 Å². The molecule has 0 fully saturated rings. The highest BCUT2D eigenvalue weighted by Crippen LogP contribution is 2.25. The van der Waals surface area contributed by atoms with E-state index in [1.54, 1.807) is 6.20 Å². The summed E-state index contributed by atoms with van der Waals surface area (Å²) in [7, 11) is 0. The first-order valence-electron chi connectivity index (χ1n) is 7.57. The molecule has 0 saturated carbocycles. The van der Waals surface area contributed by atoms with Crippen molar-refractivity contribution in [3.63, 3.8) is 0 Å². The average molecular weight is 336 g/mol. The lowest BCUT2D eigenvalue weighted by molar-refractivity contribution is 0.306. The van der Waals surface area contributed by atoms with Gasteiger partial charge in [-0.25, -0.2) is 9.97 Å². The Bertz CT molecular complexity index is 965. The minimum atomic E-state index is 0.445. The van der Waals surface area contributed by atoms with E-state index in [0.717, 1.165) is 27.9 Å². The number of aromatic nitrogens is 3. The fraction of sp³-hybridized carbons (Fsp3) is 0.0526. The number of H-pyrrole nitrogens is 1. The number of aromatic amines is 1. The summed E-state index contributed by atoms with van der Waals surface area (Å²) in [6.07, 6.45) is 1.80. The maximum Gasteiger partial charge on any atom is 0.163 e. The topological polar surface area (TPSA) is 50.8 Å². The van der Waals surface area contributed by atoms with Gasteiger partial charge in [0.2, 0.25) is 0 Å². The Morgan fingerprint density at radius 3 is 2.50 bits per heavy atom. The van der Waals surface area contributed by atoms with Crippen molar-refractivity contribution in [2.45, 2.75) is 6.61 Å². The van der Waals surface area contributed by atoms with Crippen LogP contribution in [0.2, 0.25) is 5.15 Å². The predicted molar refractivity (Wildman–Crippen MR) is 95.1 cm³/mol. The number of fused-ring (bicyclic) bond motifs is 1. The van der Waals surface area contributed by atoms with E-state index in [1.807, 2.05) is 60.7 Å². The summed E-state index contributed by atoms with van der Waals surface area (Å²) < 4.78 is 5.79. The van der Waals surface area contributed by atoms with Gasteiger partial charge in [-0.15, -0.1) is 0 Å². The molecule has 4 rings (SSSR count). The molecule has 2 aromatic carbocycles. The van der Waals surface area contributed by atoms with Crippen molar-refractivity contribution in [1.82, 2.24) is 15.0 Å². The number of ether oxygens (including phenoxy) is 1. The van der Waals surface area contributed by atoms with Gasteiger partial charge in [0.05, 0.1) is 5.39 Å². The molecule has 2 heterocycles. The Kier molecular flexibility index (Phi) is 3.89.